The summed E-state index contributed by atoms with van der Waals surface area (Å²) in [5.74, 6) is 0. The highest BCUT2D eigenvalue weighted by atomic mass is 16.6. The minimum atomic E-state index is -0.726. The maximum atomic E-state index is 12.3. The summed E-state index contributed by atoms with van der Waals surface area (Å²) in [4.78, 5) is 14.1. The molecular formula is C17H21NO2. The first-order chi connectivity index (χ1) is 9.63. The molecule has 1 saturated heterocycles. The second kappa shape index (κ2) is 4.97. The van der Waals surface area contributed by atoms with Gasteiger partial charge in [0.05, 0.1) is 5.70 Å². The van der Waals surface area contributed by atoms with Gasteiger partial charge in [0.1, 0.15) is 0 Å². The predicted octanol–water partition coefficient (Wildman–Crippen LogP) is 4.20. The minimum Gasteiger partial charge on any atom is -0.431 e. The summed E-state index contributed by atoms with van der Waals surface area (Å²) < 4.78 is 5.70. The van der Waals surface area contributed by atoms with Gasteiger partial charge in [0.25, 0.3) is 0 Å². The SMILES string of the molecule is C=C1N(C2CCCCC2)C(=O)OC1(C)c1ccccc1. The van der Waals surface area contributed by atoms with E-state index in [1.807, 2.05) is 37.3 Å². The number of ether oxygens (including phenoxy) is 1. The van der Waals surface area contributed by atoms with Gasteiger partial charge in [0.2, 0.25) is 0 Å². The van der Waals surface area contributed by atoms with Gasteiger partial charge in [-0.25, -0.2) is 4.79 Å². The van der Waals surface area contributed by atoms with Gasteiger partial charge in [0, 0.05) is 11.6 Å². The van der Waals surface area contributed by atoms with Crippen molar-refractivity contribution < 1.29 is 9.53 Å². The first-order valence-electron chi connectivity index (χ1n) is 7.40. The molecule has 106 valence electrons. The number of hydrogen-bond donors (Lipinski definition) is 0. The monoisotopic (exact) mass is 271 g/mol. The molecule has 1 aliphatic heterocycles. The molecule has 0 bridgehead atoms. The summed E-state index contributed by atoms with van der Waals surface area (Å²) in [6, 6.07) is 10.1. The second-order valence-electron chi connectivity index (χ2n) is 5.88. The predicted molar refractivity (Wildman–Crippen MR) is 78.1 cm³/mol. The van der Waals surface area contributed by atoms with E-state index in [-0.39, 0.29) is 12.1 Å². The van der Waals surface area contributed by atoms with Gasteiger partial charge in [-0.15, -0.1) is 0 Å². The summed E-state index contributed by atoms with van der Waals surface area (Å²) >= 11 is 0. The first kappa shape index (κ1) is 13.2. The normalized spacial score (nSPS) is 27.8. The Kier molecular flexibility index (Phi) is 3.28. The lowest BCUT2D eigenvalue weighted by atomic mass is 9.90. The highest BCUT2D eigenvalue weighted by molar-refractivity contribution is 5.75. The quantitative estimate of drug-likeness (QED) is 0.806. The third-order valence-electron chi connectivity index (χ3n) is 4.59. The zero-order valence-corrected chi connectivity index (χ0v) is 12.0. The van der Waals surface area contributed by atoms with Crippen LogP contribution in [-0.2, 0) is 10.3 Å². The number of carbonyl (C=O) groups is 1. The average molecular weight is 271 g/mol. The Labute approximate surface area is 120 Å². The van der Waals surface area contributed by atoms with Crippen LogP contribution >= 0.6 is 0 Å². The number of cyclic esters (lactones) is 1. The number of benzene rings is 1. The number of amides is 1. The lowest BCUT2D eigenvalue weighted by Crippen LogP contribution is -2.37. The van der Waals surface area contributed by atoms with Gasteiger partial charge in [0.15, 0.2) is 5.60 Å². The van der Waals surface area contributed by atoms with E-state index in [1.165, 1.54) is 19.3 Å². The molecule has 1 aromatic carbocycles. The van der Waals surface area contributed by atoms with Gasteiger partial charge < -0.3 is 4.74 Å². The van der Waals surface area contributed by atoms with Crippen LogP contribution in [0.2, 0.25) is 0 Å². The largest absolute Gasteiger partial charge is 0.431 e. The van der Waals surface area contributed by atoms with Crippen LogP contribution in [0.5, 0.6) is 0 Å². The molecule has 1 aliphatic carbocycles. The standard InChI is InChI=1S/C17H21NO2/c1-13-17(2,14-9-5-3-6-10-14)20-16(19)18(13)15-11-7-4-8-12-15/h3,5-6,9-10,15H,1,4,7-8,11-12H2,2H3. The van der Waals surface area contributed by atoms with Crippen molar-refractivity contribution in [1.29, 1.82) is 0 Å². The summed E-state index contributed by atoms with van der Waals surface area (Å²) in [5, 5.41) is 0. The maximum absolute atomic E-state index is 12.3. The van der Waals surface area contributed by atoms with Crippen molar-refractivity contribution in [3.8, 4) is 0 Å². The van der Waals surface area contributed by atoms with Gasteiger partial charge in [-0.3, -0.25) is 4.90 Å². The van der Waals surface area contributed by atoms with Crippen molar-refractivity contribution in [1.82, 2.24) is 4.90 Å². The number of hydrogen-bond acceptors (Lipinski definition) is 2. The number of carbonyl (C=O) groups excluding carboxylic acids is 1. The molecule has 3 rings (SSSR count). The molecule has 1 atom stereocenters. The molecule has 2 fully saturated rings. The van der Waals surface area contributed by atoms with Crippen LogP contribution in [0.25, 0.3) is 0 Å². The van der Waals surface area contributed by atoms with Gasteiger partial charge in [-0.1, -0.05) is 56.2 Å². The molecule has 1 amide bonds. The molecule has 0 aromatic heterocycles. The Bertz CT molecular complexity index is 519. The number of nitrogens with zero attached hydrogens (tertiary/aromatic N) is 1. The fourth-order valence-corrected chi connectivity index (χ4v) is 3.31. The molecular weight excluding hydrogens is 250 g/mol. The molecule has 1 aromatic rings. The Hall–Kier alpha value is -1.77. The zero-order valence-electron chi connectivity index (χ0n) is 12.0. The summed E-state index contributed by atoms with van der Waals surface area (Å²) in [6.07, 6.45) is 5.50. The van der Waals surface area contributed by atoms with Gasteiger partial charge in [-0.05, 0) is 19.8 Å². The molecule has 2 aliphatic rings. The molecule has 20 heavy (non-hydrogen) atoms. The lowest BCUT2D eigenvalue weighted by molar-refractivity contribution is 0.0779. The van der Waals surface area contributed by atoms with E-state index >= 15 is 0 Å². The van der Waals surface area contributed by atoms with E-state index in [9.17, 15) is 4.79 Å². The van der Waals surface area contributed by atoms with Crippen LogP contribution in [-0.4, -0.2) is 17.0 Å². The zero-order chi connectivity index (χ0) is 14.2. The Balaban J connectivity index is 1.90. The van der Waals surface area contributed by atoms with Crippen molar-refractivity contribution >= 4 is 6.09 Å². The Morgan fingerprint density at radius 3 is 2.50 bits per heavy atom. The second-order valence-corrected chi connectivity index (χ2v) is 5.88. The van der Waals surface area contributed by atoms with Crippen LogP contribution in [0.4, 0.5) is 4.79 Å². The van der Waals surface area contributed by atoms with E-state index in [1.54, 1.807) is 4.90 Å². The van der Waals surface area contributed by atoms with Crippen molar-refractivity contribution in [3.05, 3.63) is 48.2 Å². The average Bonchev–Trinajstić information content (AvgIpc) is 2.72. The lowest BCUT2D eigenvalue weighted by Gasteiger charge is -2.31. The van der Waals surface area contributed by atoms with Crippen molar-refractivity contribution in [2.75, 3.05) is 0 Å². The molecule has 0 radical (unpaired) electrons. The Morgan fingerprint density at radius 2 is 1.85 bits per heavy atom. The summed E-state index contributed by atoms with van der Waals surface area (Å²) in [5.41, 5.74) is 1.03. The molecule has 0 N–H and O–H groups in total. The van der Waals surface area contributed by atoms with E-state index in [0.29, 0.717) is 0 Å². The van der Waals surface area contributed by atoms with E-state index in [2.05, 4.69) is 6.58 Å². The fraction of sp³-hybridized carbons (Fsp3) is 0.471. The first-order valence-corrected chi connectivity index (χ1v) is 7.40. The van der Waals surface area contributed by atoms with Crippen LogP contribution < -0.4 is 0 Å². The highest BCUT2D eigenvalue weighted by Crippen LogP contribution is 2.43. The molecule has 1 saturated carbocycles. The highest BCUT2D eigenvalue weighted by Gasteiger charge is 2.49. The van der Waals surface area contributed by atoms with E-state index in [0.717, 1.165) is 24.1 Å². The fourth-order valence-electron chi connectivity index (χ4n) is 3.31. The van der Waals surface area contributed by atoms with Crippen molar-refractivity contribution in [2.24, 2.45) is 0 Å². The Morgan fingerprint density at radius 1 is 1.20 bits per heavy atom. The van der Waals surface area contributed by atoms with E-state index < -0.39 is 5.60 Å². The van der Waals surface area contributed by atoms with Crippen molar-refractivity contribution in [3.63, 3.8) is 0 Å². The third-order valence-corrected chi connectivity index (χ3v) is 4.59. The van der Waals surface area contributed by atoms with Gasteiger partial charge >= 0.3 is 6.09 Å². The minimum absolute atomic E-state index is 0.242. The van der Waals surface area contributed by atoms with Crippen LogP contribution in [0.3, 0.4) is 0 Å². The van der Waals surface area contributed by atoms with Crippen molar-refractivity contribution in [2.45, 2.75) is 50.7 Å². The maximum Gasteiger partial charge on any atom is 0.415 e. The number of rotatable bonds is 2. The topological polar surface area (TPSA) is 29.5 Å². The van der Waals surface area contributed by atoms with Crippen LogP contribution in [0, 0.1) is 0 Å². The smallest absolute Gasteiger partial charge is 0.415 e. The summed E-state index contributed by atoms with van der Waals surface area (Å²) in [7, 11) is 0. The van der Waals surface area contributed by atoms with Crippen LogP contribution in [0.1, 0.15) is 44.6 Å². The van der Waals surface area contributed by atoms with E-state index in [4.69, 9.17) is 4.74 Å². The molecule has 3 heteroatoms. The molecule has 3 nitrogen and oxygen atoms in total. The van der Waals surface area contributed by atoms with Gasteiger partial charge in [-0.2, -0.15) is 0 Å². The summed E-state index contributed by atoms with van der Waals surface area (Å²) in [6.45, 7) is 6.11. The molecule has 1 heterocycles. The molecule has 0 spiro atoms. The third kappa shape index (κ3) is 2.01. The molecule has 1 unspecified atom stereocenters. The van der Waals surface area contributed by atoms with Crippen LogP contribution in [0.15, 0.2) is 42.6 Å².